The number of benzene rings is 2. The lowest BCUT2D eigenvalue weighted by molar-refractivity contribution is 0.0695. The van der Waals surface area contributed by atoms with E-state index in [2.05, 4.69) is 19.1 Å². The number of unbranched alkanes of at least 4 members (excludes halogenated alkanes) is 2. The predicted octanol–water partition coefficient (Wildman–Crippen LogP) is 4.99. The van der Waals surface area contributed by atoms with Gasteiger partial charge in [-0.05, 0) is 48.7 Å². The van der Waals surface area contributed by atoms with Crippen molar-refractivity contribution in [2.75, 3.05) is 0 Å². The van der Waals surface area contributed by atoms with Crippen LogP contribution in [0.5, 0.6) is 5.75 Å². The number of aromatic hydroxyl groups is 1. The maximum Gasteiger partial charge on any atom is 0.335 e. The second kappa shape index (κ2) is 10.7. The number of carboxylic acids is 2. The minimum atomic E-state index is -1.12. The van der Waals surface area contributed by atoms with Crippen molar-refractivity contribution in [3.8, 4) is 5.75 Å². The summed E-state index contributed by atoms with van der Waals surface area (Å²) in [6.07, 6.45) is 7.89. The summed E-state index contributed by atoms with van der Waals surface area (Å²) in [6, 6.07) is 11.3. The first-order valence-electron chi connectivity index (χ1n) is 8.38. The average Bonchev–Trinajstić information content (AvgIpc) is 2.61. The fourth-order valence-corrected chi connectivity index (χ4v) is 2.11. The molecule has 0 saturated carbocycles. The Morgan fingerprint density at radius 3 is 2.19 bits per heavy atom. The van der Waals surface area contributed by atoms with Crippen LogP contribution in [0.3, 0.4) is 0 Å². The van der Waals surface area contributed by atoms with Gasteiger partial charge in [0.05, 0.1) is 11.1 Å². The van der Waals surface area contributed by atoms with Crippen molar-refractivity contribution in [3.05, 3.63) is 70.8 Å². The Balaban J connectivity index is 0.000000260. The van der Waals surface area contributed by atoms with E-state index >= 15 is 0 Å². The van der Waals surface area contributed by atoms with Gasteiger partial charge >= 0.3 is 11.9 Å². The molecule has 0 spiro atoms. The van der Waals surface area contributed by atoms with Crippen LogP contribution >= 0.6 is 0 Å². The van der Waals surface area contributed by atoms with Crippen LogP contribution in [0.4, 0.5) is 0 Å². The summed E-state index contributed by atoms with van der Waals surface area (Å²) in [5.41, 5.74) is 1.72. The van der Waals surface area contributed by atoms with E-state index in [1.807, 2.05) is 12.1 Å². The van der Waals surface area contributed by atoms with Crippen LogP contribution < -0.4 is 0 Å². The van der Waals surface area contributed by atoms with Crippen molar-refractivity contribution in [2.45, 2.75) is 33.1 Å². The molecule has 0 heterocycles. The molecule has 138 valence electrons. The molecule has 0 bridgehead atoms. The SMILES string of the molecule is CCCCC=Cc1ccc(O)cc1.Cc1ccc(C(=O)O)cc1C(=O)O. The van der Waals surface area contributed by atoms with Gasteiger partial charge in [-0.3, -0.25) is 0 Å². The van der Waals surface area contributed by atoms with Crippen LogP contribution in [-0.2, 0) is 0 Å². The molecule has 2 rings (SSSR count). The summed E-state index contributed by atoms with van der Waals surface area (Å²) in [5, 5.41) is 26.3. The number of aryl methyl sites for hydroxylation is 1. The van der Waals surface area contributed by atoms with Gasteiger partial charge in [0, 0.05) is 0 Å². The van der Waals surface area contributed by atoms with Gasteiger partial charge in [-0.25, -0.2) is 9.59 Å². The van der Waals surface area contributed by atoms with Crippen LogP contribution in [0.15, 0.2) is 48.5 Å². The van der Waals surface area contributed by atoms with Crippen LogP contribution in [-0.4, -0.2) is 27.3 Å². The highest BCUT2D eigenvalue weighted by Crippen LogP contribution is 2.12. The summed E-state index contributed by atoms with van der Waals surface area (Å²) in [4.78, 5) is 21.1. The van der Waals surface area contributed by atoms with E-state index in [1.54, 1.807) is 19.1 Å². The zero-order valence-corrected chi connectivity index (χ0v) is 15.0. The highest BCUT2D eigenvalue weighted by Gasteiger charge is 2.10. The molecule has 2 aromatic rings. The standard InChI is InChI=1S/C12H16O.C9H8O4/c1-2-3-4-5-6-11-7-9-12(13)10-8-11;1-5-2-3-6(8(10)11)4-7(5)9(12)13/h5-10,13H,2-4H2,1H3;2-4H,1H3,(H,10,11)(H,12,13). The average molecular weight is 356 g/mol. The fraction of sp³-hybridized carbons (Fsp3) is 0.238. The lowest BCUT2D eigenvalue weighted by atomic mass is 10.1. The summed E-state index contributed by atoms with van der Waals surface area (Å²) in [6.45, 7) is 3.81. The number of allylic oxidation sites excluding steroid dienone is 1. The van der Waals surface area contributed by atoms with Crippen LogP contribution in [0, 0.1) is 6.92 Å². The van der Waals surface area contributed by atoms with Crippen LogP contribution in [0.25, 0.3) is 6.08 Å². The number of carboxylic acid groups (broad SMARTS) is 2. The van der Waals surface area contributed by atoms with Gasteiger partial charge in [-0.2, -0.15) is 0 Å². The van der Waals surface area contributed by atoms with Crippen molar-refractivity contribution in [3.63, 3.8) is 0 Å². The second-order valence-electron chi connectivity index (χ2n) is 5.78. The topological polar surface area (TPSA) is 94.8 Å². The van der Waals surface area contributed by atoms with Gasteiger partial charge in [0.2, 0.25) is 0 Å². The minimum absolute atomic E-state index is 0.0111. The van der Waals surface area contributed by atoms with Crippen molar-refractivity contribution in [2.24, 2.45) is 0 Å². The summed E-state index contributed by atoms with van der Waals surface area (Å²) in [5.74, 6) is -1.91. The van der Waals surface area contributed by atoms with E-state index in [0.717, 1.165) is 18.1 Å². The minimum Gasteiger partial charge on any atom is -0.508 e. The number of aromatic carboxylic acids is 2. The molecule has 0 saturated heterocycles. The monoisotopic (exact) mass is 356 g/mol. The maximum atomic E-state index is 10.6. The Morgan fingerprint density at radius 1 is 1.00 bits per heavy atom. The van der Waals surface area contributed by atoms with Gasteiger partial charge in [0.25, 0.3) is 0 Å². The first kappa shape index (κ1) is 21.0. The molecule has 3 N–H and O–H groups in total. The van der Waals surface area contributed by atoms with Crippen molar-refractivity contribution >= 4 is 18.0 Å². The molecule has 0 fully saturated rings. The molecule has 0 atom stereocenters. The number of rotatable bonds is 6. The molecule has 0 unspecified atom stereocenters. The Labute approximate surface area is 153 Å². The van der Waals surface area contributed by atoms with Crippen molar-refractivity contribution < 1.29 is 24.9 Å². The molecule has 0 aliphatic rings. The third-order valence-corrected chi connectivity index (χ3v) is 3.64. The Kier molecular flexibility index (Phi) is 8.64. The molecule has 0 aromatic heterocycles. The number of phenols is 1. The van der Waals surface area contributed by atoms with Gasteiger partial charge in [0.15, 0.2) is 0 Å². The number of hydrogen-bond acceptors (Lipinski definition) is 3. The molecule has 0 amide bonds. The van der Waals surface area contributed by atoms with Gasteiger partial charge in [-0.1, -0.05) is 50.1 Å². The molecular formula is C21H24O5. The summed E-state index contributed by atoms with van der Waals surface area (Å²) < 4.78 is 0. The van der Waals surface area contributed by atoms with Crippen molar-refractivity contribution in [1.29, 1.82) is 0 Å². The molecule has 0 aliphatic carbocycles. The number of carbonyl (C=O) groups is 2. The van der Waals surface area contributed by atoms with E-state index in [1.165, 1.54) is 25.0 Å². The first-order valence-corrected chi connectivity index (χ1v) is 8.38. The zero-order chi connectivity index (χ0) is 19.5. The Bertz CT molecular complexity index is 760. The molecular weight excluding hydrogens is 332 g/mol. The first-order chi connectivity index (χ1) is 12.3. The molecule has 2 aromatic carbocycles. The molecule has 0 aliphatic heterocycles. The zero-order valence-electron chi connectivity index (χ0n) is 15.0. The van der Waals surface area contributed by atoms with E-state index in [-0.39, 0.29) is 11.1 Å². The lowest BCUT2D eigenvalue weighted by Crippen LogP contribution is -2.03. The highest BCUT2D eigenvalue weighted by atomic mass is 16.4. The van der Waals surface area contributed by atoms with Crippen molar-refractivity contribution in [1.82, 2.24) is 0 Å². The van der Waals surface area contributed by atoms with Gasteiger partial charge < -0.3 is 15.3 Å². The predicted molar refractivity (Wildman–Crippen MR) is 102 cm³/mol. The molecule has 5 heteroatoms. The maximum absolute atomic E-state index is 10.6. The third-order valence-electron chi connectivity index (χ3n) is 3.64. The number of hydrogen-bond donors (Lipinski definition) is 3. The van der Waals surface area contributed by atoms with Gasteiger partial charge in [-0.15, -0.1) is 0 Å². The fourth-order valence-electron chi connectivity index (χ4n) is 2.11. The van der Waals surface area contributed by atoms with E-state index < -0.39 is 11.9 Å². The summed E-state index contributed by atoms with van der Waals surface area (Å²) in [7, 11) is 0. The Morgan fingerprint density at radius 2 is 1.65 bits per heavy atom. The quantitative estimate of drug-likeness (QED) is 0.634. The Hall–Kier alpha value is -3.08. The van der Waals surface area contributed by atoms with E-state index in [0.29, 0.717) is 11.3 Å². The van der Waals surface area contributed by atoms with E-state index in [4.69, 9.17) is 15.3 Å². The second-order valence-corrected chi connectivity index (χ2v) is 5.78. The summed E-state index contributed by atoms with van der Waals surface area (Å²) >= 11 is 0. The highest BCUT2D eigenvalue weighted by molar-refractivity contribution is 5.94. The smallest absolute Gasteiger partial charge is 0.335 e. The van der Waals surface area contributed by atoms with Crippen LogP contribution in [0.1, 0.15) is 58.0 Å². The van der Waals surface area contributed by atoms with Gasteiger partial charge in [0.1, 0.15) is 5.75 Å². The molecule has 0 radical (unpaired) electrons. The lowest BCUT2D eigenvalue weighted by Gasteiger charge is -2.01. The third kappa shape index (κ3) is 7.21. The molecule has 26 heavy (non-hydrogen) atoms. The van der Waals surface area contributed by atoms with E-state index in [9.17, 15) is 9.59 Å². The molecule has 5 nitrogen and oxygen atoms in total. The largest absolute Gasteiger partial charge is 0.508 e. The normalized spacial score (nSPS) is 10.2. The number of phenolic OH excluding ortho intramolecular Hbond substituents is 1. The van der Waals surface area contributed by atoms with Crippen LogP contribution in [0.2, 0.25) is 0 Å².